The average molecular weight is 297 g/mol. The van der Waals surface area contributed by atoms with Gasteiger partial charge in [-0.05, 0) is 0 Å². The number of alkyl halides is 2. The molecule has 1 aliphatic heterocycles. The first-order valence-electron chi connectivity index (χ1n) is 7.00. The first-order valence-corrected chi connectivity index (χ1v) is 7.00. The number of halogens is 2. The van der Waals surface area contributed by atoms with Gasteiger partial charge < -0.3 is 15.5 Å². The van der Waals surface area contributed by atoms with Crippen molar-refractivity contribution in [1.29, 1.82) is 0 Å². The summed E-state index contributed by atoms with van der Waals surface area (Å²) < 4.78 is 25.5. The van der Waals surface area contributed by atoms with Crippen molar-refractivity contribution in [2.24, 2.45) is 5.92 Å². The molecular weight excluding hydrogens is 280 g/mol. The van der Waals surface area contributed by atoms with E-state index in [1.165, 1.54) is 12.4 Å². The molecule has 1 saturated heterocycles. The Morgan fingerprint density at radius 2 is 1.90 bits per heavy atom. The minimum absolute atomic E-state index is 0.376. The maximum Gasteiger partial charge on any atom is 0.249 e. The van der Waals surface area contributed by atoms with Gasteiger partial charge in [-0.3, -0.25) is 4.79 Å². The van der Waals surface area contributed by atoms with Crippen LogP contribution >= 0.6 is 0 Å². The zero-order chi connectivity index (χ0) is 14.9. The molecule has 0 spiro atoms. The fourth-order valence-corrected chi connectivity index (χ4v) is 2.50. The summed E-state index contributed by atoms with van der Waals surface area (Å²) in [5.74, 6) is -3.08. The summed E-state index contributed by atoms with van der Waals surface area (Å²) in [4.78, 5) is 22.2. The van der Waals surface area contributed by atoms with Gasteiger partial charge in [-0.2, -0.15) is 0 Å². The molecule has 0 aromatic carbocycles. The Hall–Kier alpha value is -1.83. The van der Waals surface area contributed by atoms with Gasteiger partial charge in [0.1, 0.15) is 0 Å². The summed E-state index contributed by atoms with van der Waals surface area (Å²) >= 11 is 0. The molecule has 1 aliphatic carbocycles. The van der Waals surface area contributed by atoms with Crippen LogP contribution in [0.2, 0.25) is 0 Å². The van der Waals surface area contributed by atoms with Crippen molar-refractivity contribution >= 4 is 17.5 Å². The Balaban J connectivity index is 1.56. The largest absolute Gasteiger partial charge is 0.338 e. The van der Waals surface area contributed by atoms with E-state index in [-0.39, 0.29) is 18.7 Å². The van der Waals surface area contributed by atoms with Crippen molar-refractivity contribution in [3.8, 4) is 0 Å². The van der Waals surface area contributed by atoms with Crippen LogP contribution in [0.3, 0.4) is 0 Å². The van der Waals surface area contributed by atoms with E-state index in [2.05, 4.69) is 25.5 Å². The van der Waals surface area contributed by atoms with E-state index in [1.54, 1.807) is 0 Å². The van der Waals surface area contributed by atoms with Crippen molar-refractivity contribution in [1.82, 2.24) is 15.3 Å². The second-order valence-electron chi connectivity index (χ2n) is 5.46. The fraction of sp³-hybridized carbons (Fsp3) is 0.615. The van der Waals surface area contributed by atoms with Crippen LogP contribution in [0.5, 0.6) is 0 Å². The third-order valence-electron chi connectivity index (χ3n) is 3.77. The Kier molecular flexibility index (Phi) is 3.71. The molecule has 0 bridgehead atoms. The molecule has 6 nitrogen and oxygen atoms in total. The molecule has 3 rings (SSSR count). The van der Waals surface area contributed by atoms with Gasteiger partial charge in [0.2, 0.25) is 17.8 Å². The minimum atomic E-state index is -2.69. The van der Waals surface area contributed by atoms with Gasteiger partial charge in [0.25, 0.3) is 0 Å². The number of amides is 1. The predicted octanol–water partition coefficient (Wildman–Crippen LogP) is 0.870. The third kappa shape index (κ3) is 3.26. The van der Waals surface area contributed by atoms with Crippen molar-refractivity contribution in [2.75, 3.05) is 36.4 Å². The van der Waals surface area contributed by atoms with Gasteiger partial charge in [-0.1, -0.05) is 0 Å². The van der Waals surface area contributed by atoms with Crippen LogP contribution in [0.4, 0.5) is 20.4 Å². The molecule has 114 valence electrons. The van der Waals surface area contributed by atoms with E-state index < -0.39 is 11.8 Å². The summed E-state index contributed by atoms with van der Waals surface area (Å²) in [6.07, 6.45) is 2.27. The minimum Gasteiger partial charge on any atom is -0.338 e. The zero-order valence-electron chi connectivity index (χ0n) is 11.5. The van der Waals surface area contributed by atoms with Gasteiger partial charge in [0.15, 0.2) is 0 Å². The van der Waals surface area contributed by atoms with Crippen molar-refractivity contribution < 1.29 is 13.6 Å². The molecule has 0 unspecified atom stereocenters. The molecule has 2 heterocycles. The Bertz CT molecular complexity index is 508. The Labute approximate surface area is 120 Å². The molecule has 1 aromatic rings. The van der Waals surface area contributed by atoms with E-state index in [4.69, 9.17) is 0 Å². The maximum absolute atomic E-state index is 12.7. The third-order valence-corrected chi connectivity index (χ3v) is 3.77. The zero-order valence-corrected chi connectivity index (χ0v) is 11.5. The van der Waals surface area contributed by atoms with Crippen LogP contribution in [0, 0.1) is 5.92 Å². The van der Waals surface area contributed by atoms with Crippen molar-refractivity contribution in [3.63, 3.8) is 0 Å². The number of rotatable bonds is 3. The average Bonchev–Trinajstić information content (AvgIpc) is 2.46. The van der Waals surface area contributed by atoms with Crippen LogP contribution in [0.25, 0.3) is 0 Å². The number of anilines is 2. The Morgan fingerprint density at radius 3 is 2.48 bits per heavy atom. The second kappa shape index (κ2) is 5.51. The van der Waals surface area contributed by atoms with Gasteiger partial charge in [0.05, 0.1) is 18.1 Å². The summed E-state index contributed by atoms with van der Waals surface area (Å²) in [7, 11) is 0. The normalized spacial score (nSPS) is 21.7. The van der Waals surface area contributed by atoms with Gasteiger partial charge in [0, 0.05) is 44.9 Å². The summed E-state index contributed by atoms with van der Waals surface area (Å²) in [6.45, 7) is 3.45. The van der Waals surface area contributed by atoms with Crippen LogP contribution in [0.1, 0.15) is 12.8 Å². The number of nitrogens with one attached hydrogen (secondary N) is 2. The van der Waals surface area contributed by atoms with Crippen LogP contribution in [-0.2, 0) is 4.79 Å². The van der Waals surface area contributed by atoms with Gasteiger partial charge >= 0.3 is 0 Å². The quantitative estimate of drug-likeness (QED) is 0.866. The van der Waals surface area contributed by atoms with Crippen LogP contribution in [-0.4, -0.2) is 48.0 Å². The fourth-order valence-electron chi connectivity index (χ4n) is 2.50. The Morgan fingerprint density at radius 1 is 1.29 bits per heavy atom. The number of carbonyl (C=O) groups excluding carboxylic acids is 1. The van der Waals surface area contributed by atoms with E-state index in [9.17, 15) is 13.6 Å². The molecule has 1 aromatic heterocycles. The molecular formula is C13H17F2N5O. The predicted molar refractivity (Wildman–Crippen MR) is 73.4 cm³/mol. The van der Waals surface area contributed by atoms with Gasteiger partial charge in [-0.25, -0.2) is 18.7 Å². The molecule has 21 heavy (non-hydrogen) atoms. The lowest BCUT2D eigenvalue weighted by molar-refractivity contribution is -0.145. The molecule has 0 radical (unpaired) electrons. The van der Waals surface area contributed by atoms with Crippen molar-refractivity contribution in [3.05, 3.63) is 12.4 Å². The smallest absolute Gasteiger partial charge is 0.249 e. The van der Waals surface area contributed by atoms with Crippen LogP contribution in [0.15, 0.2) is 12.4 Å². The SMILES string of the molecule is O=C(Nc1cnc(N2CCNCC2)nc1)C1CC(F)(F)C1. The number of hydrogen-bond acceptors (Lipinski definition) is 5. The first kappa shape index (κ1) is 14.1. The van der Waals surface area contributed by atoms with Gasteiger partial charge in [-0.15, -0.1) is 0 Å². The number of aromatic nitrogens is 2. The number of carbonyl (C=O) groups is 1. The highest BCUT2D eigenvalue weighted by atomic mass is 19.3. The lowest BCUT2D eigenvalue weighted by atomic mass is 9.81. The molecule has 2 aliphatic rings. The summed E-state index contributed by atoms with van der Waals surface area (Å²) in [5, 5.41) is 5.82. The summed E-state index contributed by atoms with van der Waals surface area (Å²) in [5.41, 5.74) is 0.439. The highest BCUT2D eigenvalue weighted by molar-refractivity contribution is 5.93. The topological polar surface area (TPSA) is 70.2 Å². The van der Waals surface area contributed by atoms with E-state index >= 15 is 0 Å². The second-order valence-corrected chi connectivity index (χ2v) is 5.46. The highest BCUT2D eigenvalue weighted by Crippen LogP contribution is 2.42. The molecule has 8 heteroatoms. The number of hydrogen-bond donors (Lipinski definition) is 2. The first-order chi connectivity index (χ1) is 10.0. The number of nitrogens with zero attached hydrogens (tertiary/aromatic N) is 3. The molecule has 2 fully saturated rings. The lowest BCUT2D eigenvalue weighted by Crippen LogP contribution is -2.44. The van der Waals surface area contributed by atoms with Crippen molar-refractivity contribution in [2.45, 2.75) is 18.8 Å². The number of piperazine rings is 1. The maximum atomic E-state index is 12.7. The van der Waals surface area contributed by atoms with E-state index in [0.717, 1.165) is 26.2 Å². The van der Waals surface area contributed by atoms with E-state index in [1.807, 2.05) is 0 Å². The van der Waals surface area contributed by atoms with Crippen LogP contribution < -0.4 is 15.5 Å². The standard InChI is InChI=1S/C13H17F2N5O/c14-13(15)5-9(6-13)11(21)19-10-7-17-12(18-8-10)20-3-1-16-2-4-20/h7-9,16H,1-6H2,(H,19,21). The van der Waals surface area contributed by atoms with E-state index in [0.29, 0.717) is 11.6 Å². The molecule has 2 N–H and O–H groups in total. The highest BCUT2D eigenvalue weighted by Gasteiger charge is 2.48. The molecule has 0 atom stereocenters. The molecule has 1 saturated carbocycles. The lowest BCUT2D eigenvalue weighted by Gasteiger charge is -2.33. The summed E-state index contributed by atoms with van der Waals surface area (Å²) in [6, 6.07) is 0. The molecule has 1 amide bonds. The monoisotopic (exact) mass is 297 g/mol.